The van der Waals surface area contributed by atoms with Gasteiger partial charge in [0.15, 0.2) is 0 Å². The highest BCUT2D eigenvalue weighted by atomic mass is 79.9. The Morgan fingerprint density at radius 3 is 2.58 bits per heavy atom. The fraction of sp³-hybridized carbons (Fsp3) is 0.625. The molecule has 0 aromatic heterocycles. The first kappa shape index (κ1) is 14.9. The molecule has 0 heterocycles. The third kappa shape index (κ3) is 3.96. The molecule has 3 heteroatoms. The molecule has 0 bridgehead atoms. The van der Waals surface area contributed by atoms with Crippen LogP contribution in [0.3, 0.4) is 0 Å². The molecule has 2 rings (SSSR count). The van der Waals surface area contributed by atoms with Gasteiger partial charge >= 0.3 is 0 Å². The third-order valence-corrected chi connectivity index (χ3v) is 4.43. The maximum atomic E-state index is 10.7. The number of halogens is 1. The third-order valence-electron chi connectivity index (χ3n) is 3.94. The van der Waals surface area contributed by atoms with Crippen LogP contribution < -0.4 is 4.74 Å². The van der Waals surface area contributed by atoms with E-state index in [9.17, 15) is 5.11 Å². The number of hydrogen-bond acceptors (Lipinski definition) is 2. The zero-order chi connectivity index (χ0) is 13.7. The van der Waals surface area contributed by atoms with E-state index in [0.29, 0.717) is 12.5 Å². The minimum Gasteiger partial charge on any atom is -0.493 e. The molecule has 1 aliphatic carbocycles. The van der Waals surface area contributed by atoms with Crippen molar-refractivity contribution in [3.8, 4) is 5.75 Å². The lowest BCUT2D eigenvalue weighted by molar-refractivity contribution is 0.0953. The predicted molar refractivity (Wildman–Crippen MR) is 81.5 cm³/mol. The Balaban J connectivity index is 2.20. The Kier molecular flexibility index (Phi) is 5.71. The molecule has 1 atom stereocenters. The zero-order valence-electron chi connectivity index (χ0n) is 11.6. The van der Waals surface area contributed by atoms with E-state index in [4.69, 9.17) is 4.74 Å². The van der Waals surface area contributed by atoms with Crippen LogP contribution in [0, 0.1) is 5.92 Å². The maximum Gasteiger partial charge on any atom is 0.125 e. The molecule has 0 aliphatic heterocycles. The van der Waals surface area contributed by atoms with Gasteiger partial charge < -0.3 is 9.84 Å². The molecule has 1 saturated carbocycles. The average molecular weight is 327 g/mol. The van der Waals surface area contributed by atoms with Gasteiger partial charge in [0.1, 0.15) is 5.75 Å². The lowest BCUT2D eigenvalue weighted by atomic mass is 9.89. The monoisotopic (exact) mass is 326 g/mol. The molecular formula is C16H23BrO2. The summed E-state index contributed by atoms with van der Waals surface area (Å²) in [7, 11) is 0. The van der Waals surface area contributed by atoms with Crippen molar-refractivity contribution >= 4 is 15.9 Å². The van der Waals surface area contributed by atoms with Crippen LogP contribution in [-0.4, -0.2) is 11.7 Å². The van der Waals surface area contributed by atoms with Crippen LogP contribution in [0.15, 0.2) is 22.7 Å². The second-order valence-corrected chi connectivity index (χ2v) is 6.23. The van der Waals surface area contributed by atoms with Gasteiger partial charge in [-0.15, -0.1) is 0 Å². The smallest absolute Gasteiger partial charge is 0.125 e. The molecule has 1 N–H and O–H groups in total. The van der Waals surface area contributed by atoms with Gasteiger partial charge in [0.25, 0.3) is 0 Å². The number of aliphatic hydroxyl groups excluding tert-OH is 1. The van der Waals surface area contributed by atoms with Crippen molar-refractivity contribution in [3.05, 3.63) is 28.2 Å². The van der Waals surface area contributed by atoms with Gasteiger partial charge in [-0.25, -0.2) is 0 Å². The second-order valence-electron chi connectivity index (χ2n) is 5.31. The Labute approximate surface area is 124 Å². The molecule has 1 aliphatic rings. The van der Waals surface area contributed by atoms with Crippen LogP contribution in [-0.2, 0) is 0 Å². The predicted octanol–water partition coefficient (Wildman–Crippen LogP) is 4.85. The van der Waals surface area contributed by atoms with Crippen LogP contribution in [0.1, 0.15) is 57.1 Å². The summed E-state index contributed by atoms with van der Waals surface area (Å²) in [5, 5.41) is 10.7. The van der Waals surface area contributed by atoms with E-state index in [-0.39, 0.29) is 0 Å². The summed E-state index contributed by atoms with van der Waals surface area (Å²) in [6, 6.07) is 5.91. The fourth-order valence-corrected chi connectivity index (χ4v) is 3.30. The van der Waals surface area contributed by atoms with Gasteiger partial charge in [-0.3, -0.25) is 0 Å². The number of ether oxygens (including phenoxy) is 1. The average Bonchev–Trinajstić information content (AvgIpc) is 2.69. The quantitative estimate of drug-likeness (QED) is 0.801. The van der Waals surface area contributed by atoms with Crippen molar-refractivity contribution in [2.75, 3.05) is 6.61 Å². The van der Waals surface area contributed by atoms with Crippen molar-refractivity contribution in [1.29, 1.82) is 0 Å². The Morgan fingerprint density at radius 2 is 1.95 bits per heavy atom. The molecule has 1 unspecified atom stereocenters. The molecule has 0 amide bonds. The normalized spacial score (nSPS) is 18.9. The van der Waals surface area contributed by atoms with Crippen molar-refractivity contribution in [1.82, 2.24) is 0 Å². The highest BCUT2D eigenvalue weighted by Crippen LogP contribution is 2.38. The Morgan fingerprint density at radius 1 is 1.26 bits per heavy atom. The standard InChI is InChI=1S/C16H23BrO2/c1-2-19-15-10-9-13(17)11-14(15)16(18)12-7-5-3-4-6-8-12/h9-12,16,18H,2-8H2,1H3. The van der Waals surface area contributed by atoms with E-state index >= 15 is 0 Å². The minimum atomic E-state index is -0.405. The maximum absolute atomic E-state index is 10.7. The first-order valence-electron chi connectivity index (χ1n) is 7.32. The number of rotatable bonds is 4. The molecule has 1 fully saturated rings. The largest absolute Gasteiger partial charge is 0.493 e. The highest BCUT2D eigenvalue weighted by Gasteiger charge is 2.24. The van der Waals surface area contributed by atoms with Crippen LogP contribution in [0.25, 0.3) is 0 Å². The summed E-state index contributed by atoms with van der Waals surface area (Å²) in [6.07, 6.45) is 6.93. The van der Waals surface area contributed by atoms with Gasteiger partial charge in [-0.05, 0) is 43.9 Å². The van der Waals surface area contributed by atoms with E-state index in [1.54, 1.807) is 0 Å². The molecule has 2 nitrogen and oxygen atoms in total. The van der Waals surface area contributed by atoms with Crippen LogP contribution in [0.4, 0.5) is 0 Å². The van der Waals surface area contributed by atoms with Crippen LogP contribution in [0.5, 0.6) is 5.75 Å². The lowest BCUT2D eigenvalue weighted by Gasteiger charge is -2.23. The topological polar surface area (TPSA) is 29.5 Å². The summed E-state index contributed by atoms with van der Waals surface area (Å²) in [4.78, 5) is 0. The first-order chi connectivity index (χ1) is 9.22. The SMILES string of the molecule is CCOc1ccc(Br)cc1C(O)C1CCCCCC1. The van der Waals surface area contributed by atoms with Crippen LogP contribution >= 0.6 is 15.9 Å². The fourth-order valence-electron chi connectivity index (χ4n) is 2.92. The number of hydrogen-bond donors (Lipinski definition) is 1. The molecular weight excluding hydrogens is 304 g/mol. The van der Waals surface area contributed by atoms with E-state index in [1.807, 2.05) is 25.1 Å². The Bertz CT molecular complexity index is 398. The summed E-state index contributed by atoms with van der Waals surface area (Å²) in [6.45, 7) is 2.61. The van der Waals surface area contributed by atoms with Gasteiger partial charge in [0, 0.05) is 10.0 Å². The molecule has 1 aromatic carbocycles. The minimum absolute atomic E-state index is 0.371. The molecule has 0 spiro atoms. The van der Waals surface area contributed by atoms with Gasteiger partial charge in [-0.2, -0.15) is 0 Å². The van der Waals surface area contributed by atoms with E-state index < -0.39 is 6.10 Å². The van der Waals surface area contributed by atoms with Gasteiger partial charge in [-0.1, -0.05) is 41.6 Å². The van der Waals surface area contributed by atoms with Crippen molar-refractivity contribution in [3.63, 3.8) is 0 Å². The zero-order valence-corrected chi connectivity index (χ0v) is 13.2. The summed E-state index contributed by atoms with van der Waals surface area (Å²) < 4.78 is 6.65. The van der Waals surface area contributed by atoms with Crippen molar-refractivity contribution < 1.29 is 9.84 Å². The molecule has 0 saturated heterocycles. The van der Waals surface area contributed by atoms with E-state index in [1.165, 1.54) is 25.7 Å². The Hall–Kier alpha value is -0.540. The number of benzene rings is 1. The van der Waals surface area contributed by atoms with Gasteiger partial charge in [0.05, 0.1) is 12.7 Å². The van der Waals surface area contributed by atoms with Crippen molar-refractivity contribution in [2.24, 2.45) is 5.92 Å². The molecule has 1 aromatic rings. The number of aliphatic hydroxyl groups is 1. The van der Waals surface area contributed by atoms with E-state index in [2.05, 4.69) is 15.9 Å². The summed E-state index contributed by atoms with van der Waals surface area (Å²) >= 11 is 3.49. The summed E-state index contributed by atoms with van der Waals surface area (Å²) in [5.41, 5.74) is 0.933. The van der Waals surface area contributed by atoms with E-state index in [0.717, 1.165) is 28.6 Å². The first-order valence-corrected chi connectivity index (χ1v) is 8.12. The molecule has 0 radical (unpaired) electrons. The summed E-state index contributed by atoms with van der Waals surface area (Å²) in [5.74, 6) is 1.19. The molecule has 106 valence electrons. The molecule has 19 heavy (non-hydrogen) atoms. The van der Waals surface area contributed by atoms with Crippen LogP contribution in [0.2, 0.25) is 0 Å². The van der Waals surface area contributed by atoms with Gasteiger partial charge in [0.2, 0.25) is 0 Å². The highest BCUT2D eigenvalue weighted by molar-refractivity contribution is 9.10. The lowest BCUT2D eigenvalue weighted by Crippen LogP contribution is -2.13. The van der Waals surface area contributed by atoms with Crippen molar-refractivity contribution in [2.45, 2.75) is 51.6 Å². The second kappa shape index (κ2) is 7.30.